The summed E-state index contributed by atoms with van der Waals surface area (Å²) >= 11 is 0. The lowest BCUT2D eigenvalue weighted by Crippen LogP contribution is -2.41. The van der Waals surface area contributed by atoms with Crippen LogP contribution in [-0.2, 0) is 11.2 Å². The van der Waals surface area contributed by atoms with Gasteiger partial charge in [-0.25, -0.2) is 4.39 Å². The topological polar surface area (TPSA) is 32.3 Å². The first-order valence-electron chi connectivity index (χ1n) is 7.97. The van der Waals surface area contributed by atoms with Crippen LogP contribution in [0.5, 0.6) is 0 Å². The molecule has 1 aromatic rings. The van der Waals surface area contributed by atoms with E-state index in [9.17, 15) is 9.18 Å². The smallest absolute Gasteiger partial charge is 0.227 e. The fourth-order valence-electron chi connectivity index (χ4n) is 3.11. The van der Waals surface area contributed by atoms with Crippen molar-refractivity contribution in [2.75, 3.05) is 19.6 Å². The van der Waals surface area contributed by atoms with Gasteiger partial charge in [-0.2, -0.15) is 0 Å². The lowest BCUT2D eigenvalue weighted by atomic mass is 9.97. The summed E-state index contributed by atoms with van der Waals surface area (Å²) in [6.45, 7) is 2.99. The number of carbonyl (C=O) groups is 1. The highest BCUT2D eigenvalue weighted by atomic mass is 19.1. The van der Waals surface area contributed by atoms with Gasteiger partial charge in [0.2, 0.25) is 5.91 Å². The Morgan fingerprint density at radius 2 is 2.00 bits per heavy atom. The number of halogens is 1. The predicted molar refractivity (Wildman–Crippen MR) is 80.4 cm³/mol. The van der Waals surface area contributed by atoms with Crippen LogP contribution in [-0.4, -0.2) is 36.5 Å². The molecule has 4 heteroatoms. The van der Waals surface area contributed by atoms with Crippen molar-refractivity contribution in [1.29, 1.82) is 0 Å². The highest BCUT2D eigenvalue weighted by Crippen LogP contribution is 2.29. The number of hydrogen-bond donors (Lipinski definition) is 1. The van der Waals surface area contributed by atoms with Gasteiger partial charge < -0.3 is 10.2 Å². The maximum atomic E-state index is 13.2. The normalized spacial score (nSPS) is 19.5. The molecule has 0 unspecified atom stereocenters. The molecule has 2 aliphatic rings. The highest BCUT2D eigenvalue weighted by Gasteiger charge is 2.34. The van der Waals surface area contributed by atoms with Crippen LogP contribution in [0.1, 0.15) is 31.2 Å². The number of rotatable bonds is 5. The van der Waals surface area contributed by atoms with Gasteiger partial charge in [0.15, 0.2) is 0 Å². The number of nitrogens with zero attached hydrogens (tertiary/aromatic N) is 1. The molecule has 0 spiro atoms. The van der Waals surface area contributed by atoms with Crippen LogP contribution < -0.4 is 5.32 Å². The summed E-state index contributed by atoms with van der Waals surface area (Å²) in [5.41, 5.74) is 0.774. The van der Waals surface area contributed by atoms with Crippen molar-refractivity contribution < 1.29 is 9.18 Å². The van der Waals surface area contributed by atoms with Crippen LogP contribution in [0, 0.1) is 11.7 Å². The number of piperidine rings is 1. The van der Waals surface area contributed by atoms with Gasteiger partial charge in [-0.1, -0.05) is 12.1 Å². The molecule has 1 aliphatic heterocycles. The standard InChI is InChI=1S/C17H23FN2O/c18-15-3-1-2-14(10-15)11-17(21)20(16-4-5-16)12-13-6-8-19-9-7-13/h1-3,10,13,16,19H,4-9,11-12H2. The van der Waals surface area contributed by atoms with Gasteiger partial charge in [-0.3, -0.25) is 4.79 Å². The Balaban J connectivity index is 1.61. The molecule has 1 amide bonds. The molecule has 114 valence electrons. The Bertz CT molecular complexity index is 495. The maximum absolute atomic E-state index is 13.2. The average molecular weight is 290 g/mol. The second-order valence-corrected chi connectivity index (χ2v) is 6.28. The molecule has 1 N–H and O–H groups in total. The van der Waals surface area contributed by atoms with Crippen molar-refractivity contribution in [3.63, 3.8) is 0 Å². The lowest BCUT2D eigenvalue weighted by Gasteiger charge is -2.30. The third kappa shape index (κ3) is 4.03. The van der Waals surface area contributed by atoms with Gasteiger partial charge in [-0.15, -0.1) is 0 Å². The van der Waals surface area contributed by atoms with Gasteiger partial charge in [0.05, 0.1) is 6.42 Å². The molecule has 1 aliphatic carbocycles. The van der Waals surface area contributed by atoms with Crippen molar-refractivity contribution in [2.45, 2.75) is 38.1 Å². The number of hydrogen-bond acceptors (Lipinski definition) is 2. The molecule has 1 saturated carbocycles. The molecule has 21 heavy (non-hydrogen) atoms. The fourth-order valence-corrected chi connectivity index (χ4v) is 3.11. The molecule has 2 fully saturated rings. The molecule has 0 bridgehead atoms. The van der Waals surface area contributed by atoms with Crippen LogP contribution in [0.3, 0.4) is 0 Å². The van der Waals surface area contributed by atoms with Crippen LogP contribution in [0.4, 0.5) is 4.39 Å². The van der Waals surface area contributed by atoms with E-state index in [0.717, 1.165) is 50.9 Å². The molecule has 3 nitrogen and oxygen atoms in total. The lowest BCUT2D eigenvalue weighted by molar-refractivity contribution is -0.131. The molecule has 1 aromatic carbocycles. The summed E-state index contributed by atoms with van der Waals surface area (Å²) in [6, 6.07) is 6.82. The average Bonchev–Trinajstić information content (AvgIpc) is 3.30. The van der Waals surface area contributed by atoms with E-state index in [-0.39, 0.29) is 11.7 Å². The molecule has 3 rings (SSSR count). The van der Waals surface area contributed by atoms with Crippen molar-refractivity contribution in [3.8, 4) is 0 Å². The van der Waals surface area contributed by atoms with Crippen LogP contribution in [0.15, 0.2) is 24.3 Å². The first-order valence-corrected chi connectivity index (χ1v) is 7.97. The maximum Gasteiger partial charge on any atom is 0.227 e. The largest absolute Gasteiger partial charge is 0.339 e. The SMILES string of the molecule is O=C(Cc1cccc(F)c1)N(CC1CCNCC1)C1CC1. The van der Waals surface area contributed by atoms with E-state index in [4.69, 9.17) is 0 Å². The molecule has 1 saturated heterocycles. The zero-order chi connectivity index (χ0) is 14.7. The van der Waals surface area contributed by atoms with Crippen LogP contribution in [0.25, 0.3) is 0 Å². The van der Waals surface area contributed by atoms with E-state index < -0.39 is 0 Å². The Morgan fingerprint density at radius 1 is 1.24 bits per heavy atom. The molecular weight excluding hydrogens is 267 g/mol. The van der Waals surface area contributed by atoms with E-state index in [0.29, 0.717) is 18.4 Å². The number of amides is 1. The minimum absolute atomic E-state index is 0.154. The van der Waals surface area contributed by atoms with E-state index >= 15 is 0 Å². The van der Waals surface area contributed by atoms with Gasteiger partial charge in [0, 0.05) is 12.6 Å². The summed E-state index contributed by atoms with van der Waals surface area (Å²) in [5, 5.41) is 3.36. The number of carbonyl (C=O) groups excluding carboxylic acids is 1. The van der Waals surface area contributed by atoms with Crippen molar-refractivity contribution in [3.05, 3.63) is 35.6 Å². The van der Waals surface area contributed by atoms with E-state index in [1.807, 2.05) is 6.07 Å². The Morgan fingerprint density at radius 3 is 2.67 bits per heavy atom. The predicted octanol–water partition coefficient (Wildman–Crippen LogP) is 2.36. The minimum atomic E-state index is -0.267. The highest BCUT2D eigenvalue weighted by molar-refractivity contribution is 5.79. The number of nitrogens with one attached hydrogen (secondary N) is 1. The van der Waals surface area contributed by atoms with Crippen LogP contribution >= 0.6 is 0 Å². The summed E-state index contributed by atoms with van der Waals surface area (Å²) in [5.74, 6) is 0.501. The Labute approximate surface area is 125 Å². The Hall–Kier alpha value is -1.42. The summed E-state index contributed by atoms with van der Waals surface area (Å²) < 4.78 is 13.2. The summed E-state index contributed by atoms with van der Waals surface area (Å²) in [7, 11) is 0. The van der Waals surface area contributed by atoms with Crippen molar-refractivity contribution >= 4 is 5.91 Å². The molecule has 0 radical (unpaired) electrons. The second kappa shape index (κ2) is 6.56. The molecule has 0 atom stereocenters. The first kappa shape index (κ1) is 14.5. The summed E-state index contributed by atoms with van der Waals surface area (Å²) in [6.07, 6.45) is 4.87. The van der Waals surface area contributed by atoms with Gasteiger partial charge in [0.1, 0.15) is 5.82 Å². The summed E-state index contributed by atoms with van der Waals surface area (Å²) in [4.78, 5) is 14.6. The van der Waals surface area contributed by atoms with Gasteiger partial charge in [-0.05, 0) is 62.4 Å². The minimum Gasteiger partial charge on any atom is -0.339 e. The quantitative estimate of drug-likeness (QED) is 0.903. The molecule has 1 heterocycles. The second-order valence-electron chi connectivity index (χ2n) is 6.28. The van der Waals surface area contributed by atoms with Gasteiger partial charge >= 0.3 is 0 Å². The monoisotopic (exact) mass is 290 g/mol. The zero-order valence-electron chi connectivity index (χ0n) is 12.4. The van der Waals surface area contributed by atoms with E-state index in [1.165, 1.54) is 12.1 Å². The zero-order valence-corrected chi connectivity index (χ0v) is 12.4. The molecular formula is C17H23FN2O. The third-order valence-electron chi connectivity index (χ3n) is 4.47. The fraction of sp³-hybridized carbons (Fsp3) is 0.588. The van der Waals surface area contributed by atoms with Crippen LogP contribution in [0.2, 0.25) is 0 Å². The van der Waals surface area contributed by atoms with Crippen molar-refractivity contribution in [1.82, 2.24) is 10.2 Å². The van der Waals surface area contributed by atoms with Gasteiger partial charge in [0.25, 0.3) is 0 Å². The Kier molecular flexibility index (Phi) is 4.54. The van der Waals surface area contributed by atoms with Crippen molar-refractivity contribution in [2.24, 2.45) is 5.92 Å². The number of benzene rings is 1. The van der Waals surface area contributed by atoms with E-state index in [2.05, 4.69) is 10.2 Å². The third-order valence-corrected chi connectivity index (χ3v) is 4.47. The van der Waals surface area contributed by atoms with E-state index in [1.54, 1.807) is 6.07 Å². The first-order chi connectivity index (χ1) is 10.2. The molecule has 0 aromatic heterocycles.